The third-order valence-corrected chi connectivity index (χ3v) is 7.78. The van der Waals surface area contributed by atoms with Crippen molar-refractivity contribution in [3.8, 4) is 0 Å². The zero-order valence-electron chi connectivity index (χ0n) is 21.3. The van der Waals surface area contributed by atoms with Crippen LogP contribution in [0.25, 0.3) is 11.1 Å². The summed E-state index contributed by atoms with van der Waals surface area (Å²) in [6, 6.07) is 13.3. The summed E-state index contributed by atoms with van der Waals surface area (Å²) in [6.07, 6.45) is 5.60. The largest absolute Gasteiger partial charge is 0.428 e. The molecule has 3 rings (SSSR count). The molecular weight excluding hydrogens is 460 g/mol. The molecule has 1 amide bonds. The highest BCUT2D eigenvalue weighted by Crippen LogP contribution is 2.32. The van der Waals surface area contributed by atoms with Gasteiger partial charge in [-0.2, -0.15) is 4.98 Å². The number of carbonyl (C=O) groups is 1. The Kier molecular flexibility index (Phi) is 9.49. The van der Waals surface area contributed by atoms with Crippen LogP contribution < -0.4 is 5.32 Å². The van der Waals surface area contributed by atoms with Crippen molar-refractivity contribution in [3.05, 3.63) is 53.6 Å². The normalized spacial score (nSPS) is 12.1. The maximum atomic E-state index is 12.6. The molecule has 0 fully saturated rings. The van der Waals surface area contributed by atoms with Crippen LogP contribution in [0.15, 0.2) is 52.1 Å². The van der Waals surface area contributed by atoms with E-state index in [0.29, 0.717) is 35.8 Å². The quantitative estimate of drug-likeness (QED) is 0.251. The first-order valence-corrected chi connectivity index (χ1v) is 14.3. The topological polar surface area (TPSA) is 89.3 Å². The summed E-state index contributed by atoms with van der Waals surface area (Å²) in [5, 5.41) is 2.98. The number of hydrogen-bond acceptors (Lipinski definition) is 5. The molecule has 1 aromatic heterocycles. The van der Waals surface area contributed by atoms with Gasteiger partial charge in [0.15, 0.2) is 5.58 Å². The van der Waals surface area contributed by atoms with Gasteiger partial charge in [0.25, 0.3) is 0 Å². The molecule has 1 heterocycles. The number of nitrogens with zero attached hydrogens (tertiary/aromatic N) is 1. The lowest BCUT2D eigenvalue weighted by Crippen LogP contribution is -2.15. The zero-order valence-corrected chi connectivity index (χ0v) is 22.2. The molecule has 0 bridgehead atoms. The van der Waals surface area contributed by atoms with Gasteiger partial charge in [0.05, 0.1) is 5.75 Å². The van der Waals surface area contributed by atoms with Gasteiger partial charge in [-0.3, -0.25) is 4.79 Å². The van der Waals surface area contributed by atoms with Crippen molar-refractivity contribution in [2.45, 2.75) is 89.7 Å². The number of unbranched alkanes of at least 4 members (excludes halogenated alkanes) is 5. The third-order valence-electron chi connectivity index (χ3n) is 6.24. The lowest BCUT2D eigenvalue weighted by atomic mass is 9.92. The van der Waals surface area contributed by atoms with Gasteiger partial charge in [0.1, 0.15) is 5.52 Å². The molecule has 35 heavy (non-hydrogen) atoms. The molecule has 0 aliphatic heterocycles. The minimum atomic E-state index is -3.51. The first-order chi connectivity index (χ1) is 16.7. The standard InChI is InChI=1S/C28H38N2O4S/c1-20(2)22-14-13-15-23(21(3)4)27(22)30-26(31)18-9-7-5-6-8-12-19-35(32,33)28-29-24-16-10-11-17-25(24)34-28/h10-11,13-17,20-21H,5-9,12,18-19H2,1-4H3,(H,30,31). The number of aromatic nitrogens is 1. The molecule has 0 unspecified atom stereocenters. The maximum absolute atomic E-state index is 12.6. The predicted molar refractivity (Wildman–Crippen MR) is 142 cm³/mol. The maximum Gasteiger partial charge on any atom is 0.316 e. The summed E-state index contributed by atoms with van der Waals surface area (Å²) < 4.78 is 30.4. The van der Waals surface area contributed by atoms with Crippen LogP contribution in [0.5, 0.6) is 0 Å². The number of anilines is 1. The van der Waals surface area contributed by atoms with Gasteiger partial charge in [-0.15, -0.1) is 0 Å². The van der Waals surface area contributed by atoms with E-state index in [1.165, 1.54) is 11.1 Å². The number of para-hydroxylation sites is 3. The number of nitrogens with one attached hydrogen (secondary N) is 1. The predicted octanol–water partition coefficient (Wildman–Crippen LogP) is 7.22. The minimum absolute atomic E-state index is 0.0374. The molecule has 7 heteroatoms. The van der Waals surface area contributed by atoms with Gasteiger partial charge in [-0.25, -0.2) is 8.42 Å². The number of carbonyl (C=O) groups excluding carboxylic acids is 1. The first-order valence-electron chi connectivity index (χ1n) is 12.7. The van der Waals surface area contributed by atoms with Gasteiger partial charge in [0.2, 0.25) is 15.7 Å². The van der Waals surface area contributed by atoms with E-state index in [0.717, 1.165) is 37.8 Å². The van der Waals surface area contributed by atoms with Crippen LogP contribution in [0.4, 0.5) is 5.69 Å². The highest BCUT2D eigenvalue weighted by Gasteiger charge is 2.21. The van der Waals surface area contributed by atoms with Crippen LogP contribution in [0.1, 0.15) is 95.6 Å². The highest BCUT2D eigenvalue weighted by atomic mass is 32.2. The fourth-order valence-corrected chi connectivity index (χ4v) is 5.47. The Morgan fingerprint density at radius 1 is 0.857 bits per heavy atom. The van der Waals surface area contributed by atoms with Crippen LogP contribution in [-0.4, -0.2) is 25.1 Å². The summed E-state index contributed by atoms with van der Waals surface area (Å²) in [5.41, 5.74) is 4.38. The molecular formula is C28H38N2O4S. The number of rotatable bonds is 13. The second kappa shape index (κ2) is 12.3. The molecule has 0 saturated carbocycles. The molecule has 0 atom stereocenters. The summed E-state index contributed by atoms with van der Waals surface area (Å²) in [5.74, 6) is 0.783. The Labute approximate surface area is 209 Å². The van der Waals surface area contributed by atoms with Crippen molar-refractivity contribution < 1.29 is 17.6 Å². The zero-order chi connectivity index (χ0) is 25.4. The van der Waals surface area contributed by atoms with Crippen molar-refractivity contribution in [1.82, 2.24) is 4.98 Å². The SMILES string of the molecule is CC(C)c1cccc(C(C)C)c1NC(=O)CCCCCCCCS(=O)(=O)c1nc2ccccc2o1. The van der Waals surface area contributed by atoms with E-state index in [1.807, 2.05) is 0 Å². The van der Waals surface area contributed by atoms with E-state index < -0.39 is 9.84 Å². The van der Waals surface area contributed by atoms with E-state index in [4.69, 9.17) is 4.42 Å². The summed E-state index contributed by atoms with van der Waals surface area (Å²) in [7, 11) is -3.51. The fourth-order valence-electron chi connectivity index (χ4n) is 4.25. The molecule has 0 spiro atoms. The van der Waals surface area contributed by atoms with Crippen molar-refractivity contribution in [2.24, 2.45) is 0 Å². The summed E-state index contributed by atoms with van der Waals surface area (Å²) in [4.78, 5) is 16.7. The Balaban J connectivity index is 1.36. The molecule has 3 aromatic rings. The third kappa shape index (κ3) is 7.40. The lowest BCUT2D eigenvalue weighted by molar-refractivity contribution is -0.116. The number of oxazole rings is 1. The number of fused-ring (bicyclic) bond motifs is 1. The van der Waals surface area contributed by atoms with E-state index in [9.17, 15) is 13.2 Å². The molecule has 190 valence electrons. The van der Waals surface area contributed by atoms with Gasteiger partial charge in [0, 0.05) is 12.1 Å². The molecule has 2 aromatic carbocycles. The first kappa shape index (κ1) is 26.9. The Bertz CT molecular complexity index is 1170. The van der Waals surface area contributed by atoms with Gasteiger partial charge in [-0.1, -0.05) is 83.7 Å². The Morgan fingerprint density at radius 2 is 1.46 bits per heavy atom. The Morgan fingerprint density at radius 3 is 2.09 bits per heavy atom. The number of benzene rings is 2. The van der Waals surface area contributed by atoms with E-state index in [-0.39, 0.29) is 16.9 Å². The minimum Gasteiger partial charge on any atom is -0.428 e. The smallest absolute Gasteiger partial charge is 0.316 e. The summed E-state index contributed by atoms with van der Waals surface area (Å²) >= 11 is 0. The van der Waals surface area contributed by atoms with E-state index in [1.54, 1.807) is 24.3 Å². The van der Waals surface area contributed by atoms with Gasteiger partial charge >= 0.3 is 5.22 Å². The molecule has 6 nitrogen and oxygen atoms in total. The van der Waals surface area contributed by atoms with E-state index >= 15 is 0 Å². The summed E-state index contributed by atoms with van der Waals surface area (Å²) in [6.45, 7) is 8.59. The van der Waals surface area contributed by atoms with Crippen molar-refractivity contribution in [3.63, 3.8) is 0 Å². The molecule has 0 radical (unpaired) electrons. The lowest BCUT2D eigenvalue weighted by Gasteiger charge is -2.20. The van der Waals surface area contributed by atoms with Crippen molar-refractivity contribution >= 4 is 32.5 Å². The van der Waals surface area contributed by atoms with Crippen LogP contribution in [0.2, 0.25) is 0 Å². The number of amides is 1. The molecule has 0 aliphatic rings. The average molecular weight is 499 g/mol. The van der Waals surface area contributed by atoms with Crippen LogP contribution in [0.3, 0.4) is 0 Å². The second-order valence-corrected chi connectivity index (χ2v) is 11.8. The molecule has 0 saturated heterocycles. The van der Waals surface area contributed by atoms with Gasteiger partial charge < -0.3 is 9.73 Å². The average Bonchev–Trinajstić information content (AvgIpc) is 3.26. The molecule has 1 N–H and O–H groups in total. The van der Waals surface area contributed by atoms with Crippen molar-refractivity contribution in [2.75, 3.05) is 11.1 Å². The highest BCUT2D eigenvalue weighted by molar-refractivity contribution is 7.91. The van der Waals surface area contributed by atoms with Crippen LogP contribution >= 0.6 is 0 Å². The number of hydrogen-bond donors (Lipinski definition) is 1. The molecule has 0 aliphatic carbocycles. The van der Waals surface area contributed by atoms with E-state index in [2.05, 4.69) is 56.2 Å². The second-order valence-electron chi connectivity index (χ2n) is 9.81. The van der Waals surface area contributed by atoms with Crippen LogP contribution in [0, 0.1) is 0 Å². The monoisotopic (exact) mass is 498 g/mol. The van der Waals surface area contributed by atoms with Gasteiger partial charge in [-0.05, 0) is 47.9 Å². The Hall–Kier alpha value is -2.67. The van der Waals surface area contributed by atoms with Crippen LogP contribution in [-0.2, 0) is 14.6 Å². The number of sulfone groups is 1. The van der Waals surface area contributed by atoms with Crippen molar-refractivity contribution in [1.29, 1.82) is 0 Å². The fraction of sp³-hybridized carbons (Fsp3) is 0.500.